The Morgan fingerprint density at radius 3 is 2.27 bits per heavy atom. The number of carbonyl (C=O) groups is 1. The molecule has 0 spiro atoms. The first-order chi connectivity index (χ1) is 12.2. The molecule has 7 heteroatoms. The molecule has 1 aromatic rings. The fourth-order valence-electron chi connectivity index (χ4n) is 3.53. The van der Waals surface area contributed by atoms with Crippen molar-refractivity contribution >= 4 is 27.5 Å². The van der Waals surface area contributed by atoms with Gasteiger partial charge >= 0.3 is 0 Å². The van der Waals surface area contributed by atoms with Crippen LogP contribution in [0.5, 0.6) is 0 Å². The monoisotopic (exact) mass is 400 g/mol. The molecule has 0 atom stereocenters. The molecular weight excluding hydrogens is 372 g/mol. The number of hydrogen-bond acceptors (Lipinski definition) is 3. The summed E-state index contributed by atoms with van der Waals surface area (Å²) in [5.41, 5.74) is 0.251. The molecule has 1 aliphatic carbocycles. The van der Waals surface area contributed by atoms with E-state index in [4.69, 9.17) is 11.6 Å². The molecule has 0 unspecified atom stereocenters. The average molecular weight is 401 g/mol. The van der Waals surface area contributed by atoms with E-state index in [1.165, 1.54) is 22.5 Å². The molecule has 26 heavy (non-hydrogen) atoms. The molecule has 1 saturated carbocycles. The van der Waals surface area contributed by atoms with Crippen LogP contribution in [0.3, 0.4) is 0 Å². The highest BCUT2D eigenvalue weighted by Crippen LogP contribution is 2.29. The van der Waals surface area contributed by atoms with Crippen LogP contribution in [-0.2, 0) is 10.0 Å². The van der Waals surface area contributed by atoms with Crippen LogP contribution >= 0.6 is 11.6 Å². The number of hydrogen-bond donors (Lipinski definition) is 0. The van der Waals surface area contributed by atoms with E-state index in [0.29, 0.717) is 19.0 Å². The number of carbonyl (C=O) groups excluding carboxylic acids is 1. The summed E-state index contributed by atoms with van der Waals surface area (Å²) in [6.45, 7) is 6.58. The maximum Gasteiger partial charge on any atom is 0.255 e. The smallest absolute Gasteiger partial charge is 0.255 e. The summed E-state index contributed by atoms with van der Waals surface area (Å²) in [5.74, 6) is 0.479. The second kappa shape index (κ2) is 8.72. The summed E-state index contributed by atoms with van der Waals surface area (Å²) in [6.07, 6.45) is 4.15. The fourth-order valence-corrected chi connectivity index (χ4v) is 5.21. The van der Waals surface area contributed by atoms with Crippen LogP contribution in [0.1, 0.15) is 56.8 Å². The van der Waals surface area contributed by atoms with Crippen molar-refractivity contribution in [2.75, 3.05) is 20.1 Å². The molecule has 0 saturated heterocycles. The minimum Gasteiger partial charge on any atom is -0.339 e. The Hall–Kier alpha value is -1.11. The lowest BCUT2D eigenvalue weighted by Gasteiger charge is -2.34. The van der Waals surface area contributed by atoms with Crippen LogP contribution in [0.2, 0.25) is 5.02 Å². The summed E-state index contributed by atoms with van der Waals surface area (Å²) < 4.78 is 26.9. The second-order valence-corrected chi connectivity index (χ2v) is 9.41. The van der Waals surface area contributed by atoms with Gasteiger partial charge in [0.1, 0.15) is 0 Å². The SMILES string of the molecule is CCN(CC)S(=O)(=O)c1ccc(Cl)c(C(=O)N(C)C2CCC(C)CC2)c1. The topological polar surface area (TPSA) is 57.7 Å². The Morgan fingerprint density at radius 2 is 1.73 bits per heavy atom. The van der Waals surface area contributed by atoms with Crippen LogP contribution in [0.15, 0.2) is 23.1 Å². The molecule has 0 aromatic heterocycles. The van der Waals surface area contributed by atoms with Crippen molar-refractivity contribution in [3.63, 3.8) is 0 Å². The van der Waals surface area contributed by atoms with Gasteiger partial charge in [-0.2, -0.15) is 4.31 Å². The predicted octanol–water partition coefficient (Wildman–Crippen LogP) is 4.02. The predicted molar refractivity (Wildman–Crippen MR) is 105 cm³/mol. The molecule has 0 bridgehead atoms. The van der Waals surface area contributed by atoms with Gasteiger partial charge in [-0.05, 0) is 49.8 Å². The number of rotatable bonds is 6. The van der Waals surface area contributed by atoms with Crippen LogP contribution in [0.4, 0.5) is 0 Å². The summed E-state index contributed by atoms with van der Waals surface area (Å²) in [7, 11) is -1.85. The molecule has 1 amide bonds. The van der Waals surface area contributed by atoms with Gasteiger partial charge in [0, 0.05) is 26.2 Å². The van der Waals surface area contributed by atoms with Gasteiger partial charge in [-0.1, -0.05) is 32.4 Å². The maximum absolute atomic E-state index is 13.0. The van der Waals surface area contributed by atoms with Crippen LogP contribution in [0, 0.1) is 5.92 Å². The van der Waals surface area contributed by atoms with Crippen molar-refractivity contribution in [3.8, 4) is 0 Å². The van der Waals surface area contributed by atoms with Crippen molar-refractivity contribution < 1.29 is 13.2 Å². The molecule has 146 valence electrons. The van der Waals surface area contributed by atoms with Crippen molar-refractivity contribution in [2.45, 2.75) is 57.4 Å². The zero-order valence-electron chi connectivity index (χ0n) is 16.0. The van der Waals surface area contributed by atoms with Gasteiger partial charge in [0.25, 0.3) is 5.91 Å². The van der Waals surface area contributed by atoms with E-state index in [-0.39, 0.29) is 27.4 Å². The molecule has 1 aliphatic rings. The Kier molecular flexibility index (Phi) is 7.11. The summed E-state index contributed by atoms with van der Waals surface area (Å²) in [6, 6.07) is 4.56. The highest BCUT2D eigenvalue weighted by molar-refractivity contribution is 7.89. The van der Waals surface area contributed by atoms with E-state index in [9.17, 15) is 13.2 Å². The van der Waals surface area contributed by atoms with Gasteiger partial charge in [0.05, 0.1) is 15.5 Å². The van der Waals surface area contributed by atoms with E-state index < -0.39 is 10.0 Å². The standard InChI is InChI=1S/C19H29ClN2O3S/c1-5-22(6-2)26(24,25)16-11-12-18(20)17(13-16)19(23)21(4)15-9-7-14(3)8-10-15/h11-15H,5-10H2,1-4H3. The highest BCUT2D eigenvalue weighted by atomic mass is 35.5. The number of amides is 1. The molecule has 1 fully saturated rings. The number of benzene rings is 1. The van der Waals surface area contributed by atoms with E-state index in [0.717, 1.165) is 25.7 Å². The average Bonchev–Trinajstić information content (AvgIpc) is 2.62. The molecule has 1 aromatic carbocycles. The van der Waals surface area contributed by atoms with Crippen molar-refractivity contribution in [1.29, 1.82) is 0 Å². The first-order valence-electron chi connectivity index (χ1n) is 9.29. The highest BCUT2D eigenvalue weighted by Gasteiger charge is 2.28. The molecule has 0 N–H and O–H groups in total. The van der Waals surface area contributed by atoms with Crippen LogP contribution in [-0.4, -0.2) is 49.7 Å². The maximum atomic E-state index is 13.0. The number of sulfonamides is 1. The molecule has 2 rings (SSSR count). The van der Waals surface area contributed by atoms with Gasteiger partial charge in [-0.25, -0.2) is 8.42 Å². The second-order valence-electron chi connectivity index (χ2n) is 7.06. The van der Waals surface area contributed by atoms with E-state index in [1.807, 2.05) is 0 Å². The third-order valence-corrected chi connectivity index (χ3v) is 7.74. The Bertz CT molecular complexity index is 739. The third kappa shape index (κ3) is 4.41. The first-order valence-corrected chi connectivity index (χ1v) is 11.1. The molecule has 0 heterocycles. The van der Waals surface area contributed by atoms with Gasteiger partial charge in [0.15, 0.2) is 0 Å². The Balaban J connectivity index is 2.30. The lowest BCUT2D eigenvalue weighted by atomic mass is 9.86. The Labute approximate surface area is 162 Å². The van der Waals surface area contributed by atoms with Gasteiger partial charge in [-0.15, -0.1) is 0 Å². The van der Waals surface area contributed by atoms with E-state index in [2.05, 4.69) is 6.92 Å². The quantitative estimate of drug-likeness (QED) is 0.724. The molecule has 5 nitrogen and oxygen atoms in total. The van der Waals surface area contributed by atoms with E-state index >= 15 is 0 Å². The minimum atomic E-state index is -3.63. The van der Waals surface area contributed by atoms with Crippen molar-refractivity contribution in [2.24, 2.45) is 5.92 Å². The third-order valence-electron chi connectivity index (χ3n) is 5.36. The Morgan fingerprint density at radius 1 is 1.15 bits per heavy atom. The summed E-state index contributed by atoms with van der Waals surface area (Å²) in [4.78, 5) is 14.8. The van der Waals surface area contributed by atoms with Crippen molar-refractivity contribution in [3.05, 3.63) is 28.8 Å². The van der Waals surface area contributed by atoms with Crippen molar-refractivity contribution in [1.82, 2.24) is 9.21 Å². The lowest BCUT2D eigenvalue weighted by Crippen LogP contribution is -2.39. The fraction of sp³-hybridized carbons (Fsp3) is 0.632. The summed E-state index contributed by atoms with van der Waals surface area (Å²) in [5, 5.41) is 0.282. The van der Waals surface area contributed by atoms with Gasteiger partial charge in [0.2, 0.25) is 10.0 Å². The van der Waals surface area contributed by atoms with Crippen LogP contribution in [0.25, 0.3) is 0 Å². The van der Waals surface area contributed by atoms with E-state index in [1.54, 1.807) is 25.8 Å². The zero-order chi connectivity index (χ0) is 19.5. The number of nitrogens with zero attached hydrogens (tertiary/aromatic N) is 2. The zero-order valence-corrected chi connectivity index (χ0v) is 17.6. The lowest BCUT2D eigenvalue weighted by molar-refractivity contribution is 0.0679. The summed E-state index contributed by atoms with van der Waals surface area (Å²) >= 11 is 6.24. The van der Waals surface area contributed by atoms with Gasteiger partial charge in [-0.3, -0.25) is 4.79 Å². The minimum absolute atomic E-state index is 0.111. The normalized spacial score (nSPS) is 21.0. The molecule has 0 aliphatic heterocycles. The molecular formula is C19H29ClN2O3S. The van der Waals surface area contributed by atoms with Gasteiger partial charge < -0.3 is 4.90 Å². The number of halogens is 1. The first kappa shape index (κ1) is 21.2. The molecule has 0 radical (unpaired) electrons. The largest absolute Gasteiger partial charge is 0.339 e. The van der Waals surface area contributed by atoms with Crippen LogP contribution < -0.4 is 0 Å².